The number of carbonyl (C=O) groups excluding carboxylic acids is 1. The summed E-state index contributed by atoms with van der Waals surface area (Å²) in [5.41, 5.74) is 0.914. The van der Waals surface area contributed by atoms with Crippen molar-refractivity contribution in [3.8, 4) is 0 Å². The van der Waals surface area contributed by atoms with E-state index >= 15 is 0 Å². The first-order valence-electron chi connectivity index (χ1n) is 7.64. The number of aliphatic hydroxyl groups excluding tert-OH is 1. The molecule has 0 radical (unpaired) electrons. The van der Waals surface area contributed by atoms with Crippen LogP contribution >= 0.6 is 11.6 Å². The van der Waals surface area contributed by atoms with Gasteiger partial charge in [0, 0.05) is 25.2 Å². The molecule has 124 valence electrons. The summed E-state index contributed by atoms with van der Waals surface area (Å²) in [4.78, 5) is 13.8. The molecular formula is C17H27ClN2O2. The van der Waals surface area contributed by atoms with Crippen molar-refractivity contribution in [2.24, 2.45) is 5.41 Å². The van der Waals surface area contributed by atoms with Gasteiger partial charge in [0.25, 0.3) is 0 Å². The zero-order valence-electron chi connectivity index (χ0n) is 13.9. The molecule has 0 heterocycles. The Bertz CT molecular complexity index is 491. The Morgan fingerprint density at radius 1 is 1.45 bits per heavy atom. The first-order chi connectivity index (χ1) is 10.3. The van der Waals surface area contributed by atoms with Gasteiger partial charge < -0.3 is 15.3 Å². The molecule has 2 N–H and O–H groups in total. The van der Waals surface area contributed by atoms with E-state index < -0.39 is 0 Å². The van der Waals surface area contributed by atoms with Crippen LogP contribution < -0.4 is 5.32 Å². The molecule has 0 aliphatic rings. The van der Waals surface area contributed by atoms with Gasteiger partial charge >= 0.3 is 6.03 Å². The van der Waals surface area contributed by atoms with E-state index in [2.05, 4.69) is 5.32 Å². The number of aliphatic hydroxyl groups is 1. The summed E-state index contributed by atoms with van der Waals surface area (Å²) in [7, 11) is 1.78. The van der Waals surface area contributed by atoms with Gasteiger partial charge in [-0.05, 0) is 42.9 Å². The highest BCUT2D eigenvalue weighted by atomic mass is 35.5. The number of rotatable bonds is 7. The number of hydrogen-bond donors (Lipinski definition) is 2. The van der Waals surface area contributed by atoms with Crippen molar-refractivity contribution in [3.63, 3.8) is 0 Å². The van der Waals surface area contributed by atoms with Crippen molar-refractivity contribution in [2.75, 3.05) is 20.2 Å². The minimum Gasteiger partial charge on any atom is -0.396 e. The Morgan fingerprint density at radius 2 is 2.14 bits per heavy atom. The molecule has 1 aromatic carbocycles. The molecule has 0 aliphatic carbocycles. The first kappa shape index (κ1) is 18.8. The number of urea groups is 1. The van der Waals surface area contributed by atoms with Gasteiger partial charge in [0.1, 0.15) is 0 Å². The van der Waals surface area contributed by atoms with Crippen LogP contribution in [0.2, 0.25) is 5.02 Å². The van der Waals surface area contributed by atoms with E-state index in [0.717, 1.165) is 18.4 Å². The van der Waals surface area contributed by atoms with E-state index in [9.17, 15) is 9.90 Å². The van der Waals surface area contributed by atoms with Crippen LogP contribution in [-0.2, 0) is 0 Å². The van der Waals surface area contributed by atoms with E-state index in [4.69, 9.17) is 11.6 Å². The SMILES string of the molecule is CC(c1cccc(Cl)c1)N(C)C(=O)NCCCC(C)(C)CO. The molecular weight excluding hydrogens is 300 g/mol. The number of nitrogens with zero attached hydrogens (tertiary/aromatic N) is 1. The molecule has 1 aromatic rings. The van der Waals surface area contributed by atoms with E-state index in [-0.39, 0.29) is 24.1 Å². The maximum atomic E-state index is 12.2. The molecule has 0 aliphatic heterocycles. The van der Waals surface area contributed by atoms with E-state index in [1.807, 2.05) is 45.0 Å². The maximum Gasteiger partial charge on any atom is 0.317 e. The Kier molecular flexibility index (Phi) is 7.17. The number of nitrogens with one attached hydrogen (secondary N) is 1. The standard InChI is InChI=1S/C17H27ClN2O2/c1-13(14-7-5-8-15(18)11-14)20(4)16(22)19-10-6-9-17(2,3)12-21/h5,7-8,11,13,21H,6,9-10,12H2,1-4H3,(H,19,22). The number of carbonyl (C=O) groups is 1. The molecule has 0 saturated carbocycles. The van der Waals surface area contributed by atoms with Gasteiger partial charge in [0.2, 0.25) is 0 Å². The van der Waals surface area contributed by atoms with E-state index in [0.29, 0.717) is 11.6 Å². The normalized spacial score (nSPS) is 12.8. The van der Waals surface area contributed by atoms with Gasteiger partial charge in [0.15, 0.2) is 0 Å². The van der Waals surface area contributed by atoms with Crippen LogP contribution in [0.5, 0.6) is 0 Å². The van der Waals surface area contributed by atoms with Gasteiger partial charge in [-0.1, -0.05) is 37.6 Å². The molecule has 1 atom stereocenters. The summed E-state index contributed by atoms with van der Waals surface area (Å²) in [5.74, 6) is 0. The molecule has 1 unspecified atom stereocenters. The smallest absolute Gasteiger partial charge is 0.317 e. The van der Waals surface area contributed by atoms with Crippen LogP contribution in [0.15, 0.2) is 24.3 Å². The molecule has 0 fully saturated rings. The Balaban J connectivity index is 2.45. The van der Waals surface area contributed by atoms with Gasteiger partial charge in [-0.2, -0.15) is 0 Å². The lowest BCUT2D eigenvalue weighted by Crippen LogP contribution is -2.39. The quantitative estimate of drug-likeness (QED) is 0.748. The fraction of sp³-hybridized carbons (Fsp3) is 0.588. The predicted molar refractivity (Wildman–Crippen MR) is 91.1 cm³/mol. The van der Waals surface area contributed by atoms with Crippen molar-refractivity contribution < 1.29 is 9.90 Å². The first-order valence-corrected chi connectivity index (χ1v) is 8.01. The highest BCUT2D eigenvalue weighted by Gasteiger charge is 2.18. The molecule has 2 amide bonds. The number of halogens is 1. The van der Waals surface area contributed by atoms with Crippen LogP contribution in [0.4, 0.5) is 4.79 Å². The Morgan fingerprint density at radius 3 is 2.73 bits per heavy atom. The lowest BCUT2D eigenvalue weighted by molar-refractivity contribution is 0.147. The summed E-state index contributed by atoms with van der Waals surface area (Å²) < 4.78 is 0. The fourth-order valence-corrected chi connectivity index (χ4v) is 2.33. The largest absolute Gasteiger partial charge is 0.396 e. The molecule has 0 aromatic heterocycles. The van der Waals surface area contributed by atoms with Gasteiger partial charge in [-0.15, -0.1) is 0 Å². The highest BCUT2D eigenvalue weighted by molar-refractivity contribution is 6.30. The average Bonchev–Trinajstić information content (AvgIpc) is 2.50. The van der Waals surface area contributed by atoms with Crippen LogP contribution in [0, 0.1) is 5.41 Å². The van der Waals surface area contributed by atoms with Crippen molar-refractivity contribution in [1.29, 1.82) is 0 Å². The van der Waals surface area contributed by atoms with E-state index in [1.54, 1.807) is 11.9 Å². The molecule has 22 heavy (non-hydrogen) atoms. The van der Waals surface area contributed by atoms with Crippen molar-refractivity contribution in [2.45, 2.75) is 39.7 Å². The van der Waals surface area contributed by atoms with Gasteiger partial charge in [0.05, 0.1) is 6.04 Å². The minimum atomic E-state index is -0.103. The van der Waals surface area contributed by atoms with Crippen LogP contribution in [0.3, 0.4) is 0 Å². The summed E-state index contributed by atoms with van der Waals surface area (Å²) >= 11 is 5.99. The molecule has 4 nitrogen and oxygen atoms in total. The molecule has 0 saturated heterocycles. The molecule has 1 rings (SSSR count). The molecule has 0 bridgehead atoms. The lowest BCUT2D eigenvalue weighted by atomic mass is 9.89. The molecule has 0 spiro atoms. The van der Waals surface area contributed by atoms with Crippen LogP contribution in [0.25, 0.3) is 0 Å². The summed E-state index contributed by atoms with van der Waals surface area (Å²) in [6, 6.07) is 7.39. The number of hydrogen-bond acceptors (Lipinski definition) is 2. The molecule has 5 heteroatoms. The van der Waals surface area contributed by atoms with Crippen molar-refractivity contribution >= 4 is 17.6 Å². The Labute approximate surface area is 138 Å². The van der Waals surface area contributed by atoms with Crippen molar-refractivity contribution in [3.05, 3.63) is 34.9 Å². The average molecular weight is 327 g/mol. The minimum absolute atomic E-state index is 0.0485. The summed E-state index contributed by atoms with van der Waals surface area (Å²) in [6.07, 6.45) is 1.72. The second kappa shape index (κ2) is 8.39. The summed E-state index contributed by atoms with van der Waals surface area (Å²) in [6.45, 7) is 6.77. The highest BCUT2D eigenvalue weighted by Crippen LogP contribution is 2.22. The lowest BCUT2D eigenvalue weighted by Gasteiger charge is -2.26. The third kappa shape index (κ3) is 5.85. The zero-order valence-corrected chi connectivity index (χ0v) is 14.7. The van der Waals surface area contributed by atoms with Gasteiger partial charge in [-0.25, -0.2) is 4.79 Å². The van der Waals surface area contributed by atoms with Crippen LogP contribution in [-0.4, -0.2) is 36.2 Å². The number of benzene rings is 1. The van der Waals surface area contributed by atoms with Gasteiger partial charge in [-0.3, -0.25) is 0 Å². The van der Waals surface area contributed by atoms with Crippen LogP contribution in [0.1, 0.15) is 45.2 Å². The second-order valence-electron chi connectivity index (χ2n) is 6.50. The zero-order chi connectivity index (χ0) is 16.8. The topological polar surface area (TPSA) is 52.6 Å². The monoisotopic (exact) mass is 326 g/mol. The number of amides is 2. The maximum absolute atomic E-state index is 12.2. The third-order valence-corrected chi connectivity index (χ3v) is 4.20. The van der Waals surface area contributed by atoms with Crippen molar-refractivity contribution in [1.82, 2.24) is 10.2 Å². The summed E-state index contributed by atoms with van der Waals surface area (Å²) in [5, 5.41) is 12.8. The Hall–Kier alpha value is -1.26. The second-order valence-corrected chi connectivity index (χ2v) is 6.94. The predicted octanol–water partition coefficient (Wildman–Crippen LogP) is 3.84. The fourth-order valence-electron chi connectivity index (χ4n) is 2.13. The van der Waals surface area contributed by atoms with E-state index in [1.165, 1.54) is 0 Å². The third-order valence-electron chi connectivity index (χ3n) is 3.97.